The quantitative estimate of drug-likeness (QED) is 0.733. The molecule has 1 unspecified atom stereocenters. The third-order valence-corrected chi connectivity index (χ3v) is 4.65. The van der Waals surface area contributed by atoms with Crippen molar-refractivity contribution in [3.8, 4) is 11.5 Å². The first-order valence-corrected chi connectivity index (χ1v) is 8.95. The lowest BCUT2D eigenvalue weighted by atomic mass is 9.95. The van der Waals surface area contributed by atoms with E-state index in [0.29, 0.717) is 11.1 Å². The van der Waals surface area contributed by atoms with Crippen LogP contribution in [0.5, 0.6) is 11.5 Å². The minimum Gasteiger partial charge on any atom is -0.488 e. The molecule has 152 valence electrons. The van der Waals surface area contributed by atoms with Crippen molar-refractivity contribution < 1.29 is 32.5 Å². The highest BCUT2D eigenvalue weighted by molar-refractivity contribution is 5.93. The van der Waals surface area contributed by atoms with Crippen molar-refractivity contribution in [3.63, 3.8) is 0 Å². The minimum atomic E-state index is -4.40. The summed E-state index contributed by atoms with van der Waals surface area (Å²) in [5.41, 5.74) is -0.387. The van der Waals surface area contributed by atoms with Crippen LogP contribution in [0.15, 0.2) is 60.2 Å². The van der Waals surface area contributed by atoms with Crippen LogP contribution in [0.3, 0.4) is 0 Å². The van der Waals surface area contributed by atoms with Gasteiger partial charge in [-0.15, -0.1) is 0 Å². The van der Waals surface area contributed by atoms with Crippen molar-refractivity contribution in [1.82, 2.24) is 0 Å². The lowest BCUT2D eigenvalue weighted by molar-refractivity contribution is -0.230. The summed E-state index contributed by atoms with van der Waals surface area (Å²) in [6.07, 6.45) is -0.334. The number of ether oxygens (including phenoxy) is 2. The van der Waals surface area contributed by atoms with Gasteiger partial charge in [0.25, 0.3) is 0 Å². The molecule has 0 saturated heterocycles. The average Bonchev–Trinajstić information content (AvgIpc) is 2.72. The number of halogens is 3. The van der Waals surface area contributed by atoms with Gasteiger partial charge in [0, 0.05) is 11.1 Å². The van der Waals surface area contributed by atoms with Crippen LogP contribution in [0.2, 0.25) is 0 Å². The lowest BCUT2D eigenvalue weighted by Gasteiger charge is -2.35. The van der Waals surface area contributed by atoms with E-state index in [9.17, 15) is 18.0 Å². The van der Waals surface area contributed by atoms with Gasteiger partial charge < -0.3 is 14.6 Å². The number of benzene rings is 2. The van der Waals surface area contributed by atoms with Crippen molar-refractivity contribution in [2.45, 2.75) is 25.1 Å². The van der Waals surface area contributed by atoms with E-state index < -0.39 is 17.7 Å². The molecule has 0 aliphatic carbocycles. The molecule has 0 aromatic heterocycles. The van der Waals surface area contributed by atoms with Crippen molar-refractivity contribution in [3.05, 3.63) is 71.3 Å². The first-order chi connectivity index (χ1) is 13.8. The molecule has 2 aromatic carbocycles. The number of carboxylic acids is 1. The second-order valence-corrected chi connectivity index (χ2v) is 6.52. The summed E-state index contributed by atoms with van der Waals surface area (Å²) in [5, 5.41) is 8.72. The lowest BCUT2D eigenvalue weighted by Crippen LogP contribution is -2.49. The fourth-order valence-electron chi connectivity index (χ4n) is 2.95. The summed E-state index contributed by atoms with van der Waals surface area (Å²) in [6.45, 7) is 1.61. The number of para-hydroxylation sites is 2. The molecule has 2 aliphatic rings. The van der Waals surface area contributed by atoms with Crippen LogP contribution < -0.4 is 9.47 Å². The number of fused-ring (bicyclic) bond motifs is 2. The molecule has 7 heteroatoms. The van der Waals surface area contributed by atoms with E-state index in [-0.39, 0.29) is 18.8 Å². The van der Waals surface area contributed by atoms with E-state index in [1.165, 1.54) is 13.0 Å². The normalized spacial score (nSPS) is 19.4. The fourth-order valence-corrected chi connectivity index (χ4v) is 2.95. The molecule has 0 amide bonds. The highest BCUT2D eigenvalue weighted by Gasteiger charge is 2.55. The highest BCUT2D eigenvalue weighted by Crippen LogP contribution is 2.42. The topological polar surface area (TPSA) is 55.8 Å². The van der Waals surface area contributed by atoms with Gasteiger partial charge in [-0.05, 0) is 30.7 Å². The molecule has 2 aliphatic heterocycles. The maximum Gasteiger partial charge on any atom is 0.432 e. The Morgan fingerprint density at radius 1 is 1.07 bits per heavy atom. The zero-order valence-electron chi connectivity index (χ0n) is 15.6. The van der Waals surface area contributed by atoms with E-state index in [4.69, 9.17) is 14.6 Å². The third kappa shape index (κ3) is 4.29. The third-order valence-electron chi connectivity index (χ3n) is 4.65. The number of aliphatic carboxylic acids is 1. The number of carboxylic acid groups (broad SMARTS) is 1. The van der Waals surface area contributed by atoms with Gasteiger partial charge in [-0.2, -0.15) is 13.2 Å². The predicted molar refractivity (Wildman–Crippen MR) is 103 cm³/mol. The van der Waals surface area contributed by atoms with Crippen LogP contribution in [0.1, 0.15) is 24.5 Å². The van der Waals surface area contributed by atoms with Crippen molar-refractivity contribution in [2.75, 3.05) is 6.61 Å². The summed E-state index contributed by atoms with van der Waals surface area (Å²) in [4.78, 5) is 10.6. The van der Waals surface area contributed by atoms with Gasteiger partial charge in [0.15, 0.2) is 0 Å². The molecule has 0 radical (unpaired) electrons. The van der Waals surface area contributed by atoms with E-state index in [0.717, 1.165) is 17.4 Å². The molecule has 2 heterocycles. The van der Waals surface area contributed by atoms with Crippen molar-refractivity contribution in [1.29, 1.82) is 0 Å². The molecule has 2 aromatic rings. The molecule has 1 N–H and O–H groups in total. The Labute approximate surface area is 165 Å². The van der Waals surface area contributed by atoms with E-state index in [1.807, 2.05) is 24.3 Å². The van der Waals surface area contributed by atoms with Crippen LogP contribution in [0.4, 0.5) is 13.2 Å². The summed E-state index contributed by atoms with van der Waals surface area (Å²) >= 11 is 0. The zero-order chi connectivity index (χ0) is 21.1. The van der Waals surface area contributed by atoms with E-state index in [1.54, 1.807) is 30.3 Å². The van der Waals surface area contributed by atoms with Gasteiger partial charge in [-0.3, -0.25) is 0 Å². The fraction of sp³-hybridized carbons (Fsp3) is 0.227. The second-order valence-electron chi connectivity index (χ2n) is 6.52. The number of hydrogen-bond donors (Lipinski definition) is 1. The Balaban J connectivity index is 0.000000169. The van der Waals surface area contributed by atoms with Gasteiger partial charge in [0.1, 0.15) is 18.1 Å². The summed E-state index contributed by atoms with van der Waals surface area (Å²) < 4.78 is 49.1. The summed E-state index contributed by atoms with van der Waals surface area (Å²) in [7, 11) is 0. The maximum absolute atomic E-state index is 12.9. The van der Waals surface area contributed by atoms with Crippen LogP contribution >= 0.6 is 0 Å². The number of alkyl halides is 3. The standard InChI is InChI=1S/C12H11F3O.C10H8O3/c1-2-11(12(13,14)15)8-7-9-5-3-4-6-10(9)16-11;11-10(12)8-5-7-3-1-2-4-9(7)13-6-8/h3-8H,2H2,1H3;1-5H,6H2,(H,11,12). The summed E-state index contributed by atoms with van der Waals surface area (Å²) in [5.74, 6) is 0.103. The first-order valence-electron chi connectivity index (χ1n) is 8.95. The SMILES string of the molecule is CCC1(C(F)(F)F)C=Cc2ccccc2O1.O=C(O)C1=Cc2ccccc2OC1. The Morgan fingerprint density at radius 2 is 1.69 bits per heavy atom. The van der Waals surface area contributed by atoms with E-state index in [2.05, 4.69) is 0 Å². The largest absolute Gasteiger partial charge is 0.488 e. The zero-order valence-corrected chi connectivity index (χ0v) is 15.6. The molecule has 0 saturated carbocycles. The van der Waals surface area contributed by atoms with Gasteiger partial charge >= 0.3 is 12.1 Å². The first kappa shape index (κ1) is 20.5. The smallest absolute Gasteiger partial charge is 0.432 e. The molecule has 0 spiro atoms. The van der Waals surface area contributed by atoms with Gasteiger partial charge in [-0.25, -0.2) is 4.79 Å². The molecule has 4 rings (SSSR count). The molecular weight excluding hydrogens is 385 g/mol. The highest BCUT2D eigenvalue weighted by atomic mass is 19.4. The van der Waals surface area contributed by atoms with E-state index >= 15 is 0 Å². The van der Waals surface area contributed by atoms with Crippen molar-refractivity contribution >= 4 is 18.1 Å². The molecule has 0 fully saturated rings. The Hall–Kier alpha value is -3.22. The molecule has 1 atom stereocenters. The number of rotatable bonds is 2. The van der Waals surface area contributed by atoms with Crippen molar-refractivity contribution in [2.24, 2.45) is 0 Å². The number of carbonyl (C=O) groups is 1. The predicted octanol–water partition coefficient (Wildman–Crippen LogP) is 5.35. The van der Waals surface area contributed by atoms with Gasteiger partial charge in [0.05, 0.1) is 5.57 Å². The monoisotopic (exact) mass is 404 g/mol. The Kier molecular flexibility index (Phi) is 5.68. The Morgan fingerprint density at radius 3 is 2.31 bits per heavy atom. The molecule has 4 nitrogen and oxygen atoms in total. The van der Waals surface area contributed by atoms with Crippen LogP contribution in [-0.4, -0.2) is 29.5 Å². The van der Waals surface area contributed by atoms with Crippen LogP contribution in [0, 0.1) is 0 Å². The van der Waals surface area contributed by atoms with Crippen LogP contribution in [-0.2, 0) is 4.79 Å². The molecule has 29 heavy (non-hydrogen) atoms. The molecule has 0 bridgehead atoms. The Bertz CT molecular complexity index is 963. The maximum atomic E-state index is 12.9. The van der Waals surface area contributed by atoms with Crippen LogP contribution in [0.25, 0.3) is 12.2 Å². The van der Waals surface area contributed by atoms with Gasteiger partial charge in [-0.1, -0.05) is 49.4 Å². The summed E-state index contributed by atoms with van der Waals surface area (Å²) in [6, 6.07) is 14.1. The molecular formula is C22H19F3O4. The average molecular weight is 404 g/mol. The minimum absolute atomic E-state index is 0.138. The van der Waals surface area contributed by atoms with Gasteiger partial charge in [0.2, 0.25) is 5.60 Å². The number of hydrogen-bond acceptors (Lipinski definition) is 3. The second kappa shape index (κ2) is 8.03.